The fourth-order valence-electron chi connectivity index (χ4n) is 1.39. The topological polar surface area (TPSA) is 84.7 Å². The van der Waals surface area contributed by atoms with E-state index in [1.165, 1.54) is 4.90 Å². The highest BCUT2D eigenvalue weighted by Gasteiger charge is 2.23. The maximum Gasteiger partial charge on any atom is 0.239 e. The molecule has 106 valence electrons. The highest BCUT2D eigenvalue weighted by Crippen LogP contribution is 2.07. The normalized spacial score (nSPS) is 13.8. The van der Waals surface area contributed by atoms with Crippen molar-refractivity contribution in [3.63, 3.8) is 0 Å². The molecule has 0 aliphatic carbocycles. The van der Waals surface area contributed by atoms with Crippen molar-refractivity contribution in [2.24, 2.45) is 11.7 Å². The Kier molecular flexibility index (Phi) is 8.32. The Balaban J connectivity index is 4.11. The van der Waals surface area contributed by atoms with Crippen LogP contribution in [0.4, 0.5) is 0 Å². The number of nitrogens with two attached hydrogens (primary N) is 1. The monoisotopic (exact) mass is 259 g/mol. The summed E-state index contributed by atoms with van der Waals surface area (Å²) in [6, 6.07) is -0.549. The van der Waals surface area contributed by atoms with Gasteiger partial charge >= 0.3 is 0 Å². The number of hydrogen-bond donors (Lipinski definition) is 2. The molecule has 0 aliphatic rings. The van der Waals surface area contributed by atoms with Crippen LogP contribution in [0.5, 0.6) is 0 Å². The molecule has 0 aromatic rings. The maximum absolute atomic E-state index is 11.9. The Morgan fingerprint density at radius 3 is 2.56 bits per heavy atom. The van der Waals surface area contributed by atoms with E-state index in [-0.39, 0.29) is 24.3 Å². The summed E-state index contributed by atoms with van der Waals surface area (Å²) in [5.74, 6) is -0.304. The number of likely N-dealkylation sites (N-methyl/N-ethyl adjacent to an activating group) is 1. The van der Waals surface area contributed by atoms with Gasteiger partial charge in [0.25, 0.3) is 0 Å². The van der Waals surface area contributed by atoms with Gasteiger partial charge < -0.3 is 20.7 Å². The molecule has 0 heterocycles. The predicted octanol–water partition coefficient (Wildman–Crippen LogP) is -0.419. The molecule has 0 unspecified atom stereocenters. The number of nitrogens with zero attached hydrogens (tertiary/aromatic N) is 1. The van der Waals surface area contributed by atoms with Gasteiger partial charge in [-0.15, -0.1) is 0 Å². The number of carbonyl (C=O) groups excluding carboxylic acids is 2. The van der Waals surface area contributed by atoms with E-state index in [4.69, 9.17) is 10.5 Å². The summed E-state index contributed by atoms with van der Waals surface area (Å²) in [6.07, 6.45) is 0.834. The molecule has 0 fully saturated rings. The van der Waals surface area contributed by atoms with Gasteiger partial charge in [-0.3, -0.25) is 9.59 Å². The molecule has 0 spiro atoms. The third-order valence-corrected chi connectivity index (χ3v) is 2.93. The number of amides is 2. The molecule has 6 heteroatoms. The van der Waals surface area contributed by atoms with Crippen LogP contribution < -0.4 is 11.1 Å². The predicted molar refractivity (Wildman–Crippen MR) is 70.0 cm³/mol. The molecule has 2 atom stereocenters. The van der Waals surface area contributed by atoms with Crippen molar-refractivity contribution < 1.29 is 14.3 Å². The lowest BCUT2D eigenvalue weighted by molar-refractivity contribution is -0.136. The van der Waals surface area contributed by atoms with Crippen LogP contribution in [-0.4, -0.2) is 56.6 Å². The molecular formula is C12H25N3O3. The van der Waals surface area contributed by atoms with E-state index in [9.17, 15) is 9.59 Å². The Morgan fingerprint density at radius 1 is 1.44 bits per heavy atom. The zero-order valence-corrected chi connectivity index (χ0v) is 11.7. The van der Waals surface area contributed by atoms with E-state index in [0.717, 1.165) is 6.42 Å². The van der Waals surface area contributed by atoms with E-state index in [1.807, 2.05) is 13.8 Å². The standard InChI is InChI=1S/C12H25N3O3/c1-5-9(2)11(13)12(17)15(3)8-10(16)14-6-7-18-4/h9,11H,5-8,13H2,1-4H3,(H,14,16)/t9-,11-/m0/s1. The SMILES string of the molecule is CC[C@H](C)[C@H](N)C(=O)N(C)CC(=O)NCCOC. The lowest BCUT2D eigenvalue weighted by Gasteiger charge is -2.24. The molecule has 18 heavy (non-hydrogen) atoms. The summed E-state index contributed by atoms with van der Waals surface area (Å²) in [4.78, 5) is 24.8. The molecule has 0 saturated heterocycles. The van der Waals surface area contributed by atoms with Gasteiger partial charge in [-0.2, -0.15) is 0 Å². The number of carbonyl (C=O) groups is 2. The van der Waals surface area contributed by atoms with Crippen LogP contribution in [0.2, 0.25) is 0 Å². The van der Waals surface area contributed by atoms with Crippen molar-refractivity contribution in [2.75, 3.05) is 33.9 Å². The van der Waals surface area contributed by atoms with E-state index in [0.29, 0.717) is 13.2 Å². The van der Waals surface area contributed by atoms with E-state index < -0.39 is 6.04 Å². The molecular weight excluding hydrogens is 234 g/mol. The first-order chi connectivity index (χ1) is 8.43. The second kappa shape index (κ2) is 8.88. The molecule has 0 aromatic carbocycles. The number of hydrogen-bond acceptors (Lipinski definition) is 4. The highest BCUT2D eigenvalue weighted by molar-refractivity contribution is 5.87. The van der Waals surface area contributed by atoms with Gasteiger partial charge in [0.15, 0.2) is 0 Å². The van der Waals surface area contributed by atoms with Crippen LogP contribution in [0.3, 0.4) is 0 Å². The first kappa shape index (κ1) is 16.9. The van der Waals surface area contributed by atoms with Gasteiger partial charge in [0.2, 0.25) is 11.8 Å². The fraction of sp³-hybridized carbons (Fsp3) is 0.833. The van der Waals surface area contributed by atoms with E-state index in [2.05, 4.69) is 5.32 Å². The molecule has 0 radical (unpaired) electrons. The third kappa shape index (κ3) is 5.97. The average molecular weight is 259 g/mol. The number of methoxy groups -OCH3 is 1. The molecule has 0 aliphatic heterocycles. The Bertz CT molecular complexity index is 271. The minimum Gasteiger partial charge on any atom is -0.383 e. The Labute approximate surface area is 109 Å². The van der Waals surface area contributed by atoms with Crippen molar-refractivity contribution in [1.29, 1.82) is 0 Å². The smallest absolute Gasteiger partial charge is 0.239 e. The summed E-state index contributed by atoms with van der Waals surface area (Å²) < 4.78 is 4.81. The van der Waals surface area contributed by atoms with Crippen LogP contribution in [0.15, 0.2) is 0 Å². The average Bonchev–Trinajstić information content (AvgIpc) is 2.36. The van der Waals surface area contributed by atoms with Gasteiger partial charge in [-0.05, 0) is 5.92 Å². The second-order valence-corrected chi connectivity index (χ2v) is 4.45. The lowest BCUT2D eigenvalue weighted by atomic mass is 9.99. The number of nitrogens with one attached hydrogen (secondary N) is 1. The van der Waals surface area contributed by atoms with E-state index in [1.54, 1.807) is 14.2 Å². The highest BCUT2D eigenvalue weighted by atomic mass is 16.5. The van der Waals surface area contributed by atoms with Crippen molar-refractivity contribution in [3.8, 4) is 0 Å². The second-order valence-electron chi connectivity index (χ2n) is 4.45. The van der Waals surface area contributed by atoms with Crippen LogP contribution in [0.1, 0.15) is 20.3 Å². The molecule has 0 bridgehead atoms. The fourth-order valence-corrected chi connectivity index (χ4v) is 1.39. The zero-order chi connectivity index (χ0) is 14.1. The van der Waals surface area contributed by atoms with Crippen molar-refractivity contribution in [2.45, 2.75) is 26.3 Å². The largest absolute Gasteiger partial charge is 0.383 e. The van der Waals surface area contributed by atoms with Gasteiger partial charge in [-0.25, -0.2) is 0 Å². The van der Waals surface area contributed by atoms with Crippen LogP contribution in [-0.2, 0) is 14.3 Å². The van der Waals surface area contributed by atoms with E-state index >= 15 is 0 Å². The zero-order valence-electron chi connectivity index (χ0n) is 11.7. The first-order valence-electron chi connectivity index (χ1n) is 6.20. The van der Waals surface area contributed by atoms with Gasteiger partial charge in [0.05, 0.1) is 19.2 Å². The summed E-state index contributed by atoms with van der Waals surface area (Å²) in [7, 11) is 3.15. The number of rotatable bonds is 8. The third-order valence-electron chi connectivity index (χ3n) is 2.93. The van der Waals surface area contributed by atoms with Gasteiger partial charge in [0, 0.05) is 20.7 Å². The molecule has 2 amide bonds. The summed E-state index contributed by atoms with van der Waals surface area (Å²) in [6.45, 7) is 4.82. The molecule has 0 saturated carbocycles. The molecule has 3 N–H and O–H groups in total. The Morgan fingerprint density at radius 2 is 2.06 bits per heavy atom. The van der Waals surface area contributed by atoms with Crippen LogP contribution in [0, 0.1) is 5.92 Å². The summed E-state index contributed by atoms with van der Waals surface area (Å²) >= 11 is 0. The lowest BCUT2D eigenvalue weighted by Crippen LogP contribution is -2.48. The minimum absolute atomic E-state index is 0.0205. The van der Waals surface area contributed by atoms with Crippen molar-refractivity contribution in [3.05, 3.63) is 0 Å². The van der Waals surface area contributed by atoms with Crippen LogP contribution in [0.25, 0.3) is 0 Å². The molecule has 6 nitrogen and oxygen atoms in total. The van der Waals surface area contributed by atoms with Gasteiger partial charge in [-0.1, -0.05) is 20.3 Å². The summed E-state index contributed by atoms with van der Waals surface area (Å²) in [5, 5.41) is 2.65. The maximum atomic E-state index is 11.9. The van der Waals surface area contributed by atoms with Crippen molar-refractivity contribution >= 4 is 11.8 Å². The molecule has 0 aromatic heterocycles. The Hall–Kier alpha value is -1.14. The summed E-state index contributed by atoms with van der Waals surface area (Å²) in [5.41, 5.74) is 5.83. The number of ether oxygens (including phenoxy) is 1. The van der Waals surface area contributed by atoms with Gasteiger partial charge in [0.1, 0.15) is 0 Å². The molecule has 0 rings (SSSR count). The quantitative estimate of drug-likeness (QED) is 0.580. The first-order valence-corrected chi connectivity index (χ1v) is 6.20. The minimum atomic E-state index is -0.549. The van der Waals surface area contributed by atoms with Crippen LogP contribution >= 0.6 is 0 Å². The van der Waals surface area contributed by atoms with Crippen molar-refractivity contribution in [1.82, 2.24) is 10.2 Å².